The third-order valence-electron chi connectivity index (χ3n) is 3.44. The monoisotopic (exact) mass is 396 g/mol. The van der Waals surface area contributed by atoms with Crippen molar-refractivity contribution in [1.82, 2.24) is 5.32 Å². The summed E-state index contributed by atoms with van der Waals surface area (Å²) < 4.78 is 5.57. The molecule has 0 bridgehead atoms. The van der Waals surface area contributed by atoms with E-state index in [9.17, 15) is 4.79 Å². The first-order valence-electron chi connectivity index (χ1n) is 7.57. The van der Waals surface area contributed by atoms with Gasteiger partial charge in [0.2, 0.25) is 0 Å². The van der Waals surface area contributed by atoms with E-state index in [-0.39, 0.29) is 11.0 Å². The first-order chi connectivity index (χ1) is 11.8. The van der Waals surface area contributed by atoms with Gasteiger partial charge in [-0.05, 0) is 68.4 Å². The Morgan fingerprint density at radius 2 is 1.88 bits per heavy atom. The third kappa shape index (κ3) is 5.59. The van der Waals surface area contributed by atoms with Gasteiger partial charge in [-0.3, -0.25) is 10.1 Å². The zero-order chi connectivity index (χ0) is 18.6. The van der Waals surface area contributed by atoms with Crippen molar-refractivity contribution in [2.75, 3.05) is 5.32 Å². The normalized spacial score (nSPS) is 11.6. The number of anilines is 1. The van der Waals surface area contributed by atoms with Crippen LogP contribution < -0.4 is 15.4 Å². The zero-order valence-electron chi connectivity index (χ0n) is 14.0. The lowest BCUT2D eigenvalue weighted by atomic mass is 10.1. The highest BCUT2D eigenvalue weighted by Gasteiger charge is 2.17. The number of carbonyl (C=O) groups excluding carboxylic acids is 1. The van der Waals surface area contributed by atoms with Crippen molar-refractivity contribution in [2.45, 2.75) is 26.9 Å². The lowest BCUT2D eigenvalue weighted by molar-refractivity contribution is -0.125. The maximum Gasteiger partial charge on any atom is 0.266 e. The molecule has 1 atom stereocenters. The Bertz CT molecular complexity index is 812. The SMILES string of the molecule is Cc1ccc(C)c(NC(=S)NC(=O)C(C)Oc2ccc(Cl)cc2Cl)c1. The highest BCUT2D eigenvalue weighted by atomic mass is 35.5. The maximum absolute atomic E-state index is 12.2. The molecule has 0 aromatic heterocycles. The molecule has 0 fully saturated rings. The predicted octanol–water partition coefficient (Wildman–Crippen LogP) is 4.89. The predicted molar refractivity (Wildman–Crippen MR) is 107 cm³/mol. The number of nitrogens with one attached hydrogen (secondary N) is 2. The molecule has 2 aromatic rings. The van der Waals surface area contributed by atoms with E-state index in [1.54, 1.807) is 25.1 Å². The van der Waals surface area contributed by atoms with Crippen molar-refractivity contribution in [3.63, 3.8) is 0 Å². The largest absolute Gasteiger partial charge is 0.479 e. The Morgan fingerprint density at radius 3 is 2.56 bits per heavy atom. The van der Waals surface area contributed by atoms with Gasteiger partial charge in [0.1, 0.15) is 5.75 Å². The fourth-order valence-corrected chi connectivity index (χ4v) is 2.72. The Morgan fingerprint density at radius 1 is 1.16 bits per heavy atom. The zero-order valence-corrected chi connectivity index (χ0v) is 16.4. The Balaban J connectivity index is 1.96. The molecule has 0 aliphatic rings. The van der Waals surface area contributed by atoms with Crippen molar-refractivity contribution in [3.8, 4) is 5.75 Å². The summed E-state index contributed by atoms with van der Waals surface area (Å²) in [6.45, 7) is 5.55. The van der Waals surface area contributed by atoms with E-state index in [1.807, 2.05) is 32.0 Å². The minimum atomic E-state index is -0.781. The average Bonchev–Trinajstić information content (AvgIpc) is 2.53. The first kappa shape index (κ1) is 19.5. The molecule has 4 nitrogen and oxygen atoms in total. The highest BCUT2D eigenvalue weighted by molar-refractivity contribution is 7.80. The van der Waals surface area contributed by atoms with Crippen LogP contribution in [-0.2, 0) is 4.79 Å². The summed E-state index contributed by atoms with van der Waals surface area (Å²) in [7, 11) is 0. The topological polar surface area (TPSA) is 50.4 Å². The lowest BCUT2D eigenvalue weighted by Gasteiger charge is -2.17. The van der Waals surface area contributed by atoms with Crippen LogP contribution in [0.25, 0.3) is 0 Å². The van der Waals surface area contributed by atoms with Crippen molar-refractivity contribution in [3.05, 3.63) is 57.6 Å². The standard InChI is InChI=1S/C18H18Cl2N2O2S/c1-10-4-5-11(2)15(8-10)21-18(25)22-17(23)12(3)24-16-7-6-13(19)9-14(16)20/h4-9,12H,1-3H3,(H2,21,22,23,25). The maximum atomic E-state index is 12.2. The third-order valence-corrected chi connectivity index (χ3v) is 4.18. The molecule has 25 heavy (non-hydrogen) atoms. The van der Waals surface area contributed by atoms with Gasteiger partial charge in [0, 0.05) is 10.7 Å². The fraction of sp³-hybridized carbons (Fsp3) is 0.222. The summed E-state index contributed by atoms with van der Waals surface area (Å²) in [5.74, 6) is -0.00375. The molecule has 2 N–H and O–H groups in total. The molecule has 0 radical (unpaired) electrons. The second kappa shape index (κ2) is 8.52. The van der Waals surface area contributed by atoms with Gasteiger partial charge in [0.05, 0.1) is 5.02 Å². The minimum absolute atomic E-state index is 0.205. The summed E-state index contributed by atoms with van der Waals surface area (Å²) in [6, 6.07) is 10.8. The molecular formula is C18H18Cl2N2O2S. The first-order valence-corrected chi connectivity index (χ1v) is 8.73. The van der Waals surface area contributed by atoms with Gasteiger partial charge in [0.25, 0.3) is 5.91 Å². The van der Waals surface area contributed by atoms with E-state index < -0.39 is 6.10 Å². The molecule has 132 valence electrons. The number of aryl methyl sites for hydroxylation is 2. The summed E-state index contributed by atoms with van der Waals surface area (Å²) in [5.41, 5.74) is 2.97. The molecule has 7 heteroatoms. The van der Waals surface area contributed by atoms with E-state index in [4.69, 9.17) is 40.2 Å². The van der Waals surface area contributed by atoms with E-state index in [0.717, 1.165) is 16.8 Å². The average molecular weight is 397 g/mol. The van der Waals surface area contributed by atoms with E-state index >= 15 is 0 Å². The van der Waals surface area contributed by atoms with Crippen molar-refractivity contribution in [1.29, 1.82) is 0 Å². The quantitative estimate of drug-likeness (QED) is 0.722. The van der Waals surface area contributed by atoms with Crippen LogP contribution in [-0.4, -0.2) is 17.1 Å². The van der Waals surface area contributed by atoms with Crippen LogP contribution in [0.1, 0.15) is 18.1 Å². The molecule has 0 aliphatic carbocycles. The van der Waals surface area contributed by atoms with Gasteiger partial charge < -0.3 is 10.1 Å². The number of hydrogen-bond donors (Lipinski definition) is 2. The molecule has 0 saturated heterocycles. The molecule has 0 spiro atoms. The molecule has 0 heterocycles. The Labute approximate surface area is 162 Å². The van der Waals surface area contributed by atoms with Gasteiger partial charge in [-0.2, -0.15) is 0 Å². The molecule has 0 aliphatic heterocycles. The number of rotatable bonds is 4. The molecule has 1 unspecified atom stereocenters. The number of carbonyl (C=O) groups is 1. The van der Waals surface area contributed by atoms with Crippen LogP contribution in [0, 0.1) is 13.8 Å². The van der Waals surface area contributed by atoms with Gasteiger partial charge in [0.15, 0.2) is 11.2 Å². The molecule has 2 rings (SSSR count). The molecule has 1 amide bonds. The van der Waals surface area contributed by atoms with Crippen molar-refractivity contribution >= 4 is 52.1 Å². The second-order valence-corrected chi connectivity index (χ2v) is 6.85. The van der Waals surface area contributed by atoms with Gasteiger partial charge in [-0.15, -0.1) is 0 Å². The van der Waals surface area contributed by atoms with Gasteiger partial charge >= 0.3 is 0 Å². The van der Waals surface area contributed by atoms with Crippen LogP contribution in [0.4, 0.5) is 5.69 Å². The van der Waals surface area contributed by atoms with Crippen LogP contribution >= 0.6 is 35.4 Å². The second-order valence-electron chi connectivity index (χ2n) is 5.60. The van der Waals surface area contributed by atoms with E-state index in [1.165, 1.54) is 0 Å². The Hall–Kier alpha value is -1.82. The number of hydrogen-bond acceptors (Lipinski definition) is 3. The summed E-state index contributed by atoms with van der Waals surface area (Å²) in [6.07, 6.45) is -0.781. The van der Waals surface area contributed by atoms with Crippen molar-refractivity contribution < 1.29 is 9.53 Å². The minimum Gasteiger partial charge on any atom is -0.479 e. The number of halogens is 2. The molecular weight excluding hydrogens is 379 g/mol. The van der Waals surface area contributed by atoms with Crippen LogP contribution in [0.5, 0.6) is 5.75 Å². The Kier molecular flexibility index (Phi) is 6.64. The lowest BCUT2D eigenvalue weighted by Crippen LogP contribution is -2.42. The summed E-state index contributed by atoms with van der Waals surface area (Å²) in [4.78, 5) is 12.2. The summed E-state index contributed by atoms with van der Waals surface area (Å²) in [5, 5.41) is 6.67. The highest BCUT2D eigenvalue weighted by Crippen LogP contribution is 2.28. The smallest absolute Gasteiger partial charge is 0.266 e. The number of amides is 1. The van der Waals surface area contributed by atoms with E-state index in [0.29, 0.717) is 15.8 Å². The van der Waals surface area contributed by atoms with Crippen LogP contribution in [0.2, 0.25) is 10.0 Å². The number of thiocarbonyl (C=S) groups is 1. The number of ether oxygens (including phenoxy) is 1. The van der Waals surface area contributed by atoms with Crippen molar-refractivity contribution in [2.24, 2.45) is 0 Å². The molecule has 2 aromatic carbocycles. The number of benzene rings is 2. The van der Waals surface area contributed by atoms with Gasteiger partial charge in [-0.25, -0.2) is 0 Å². The fourth-order valence-electron chi connectivity index (χ4n) is 2.05. The van der Waals surface area contributed by atoms with E-state index in [2.05, 4.69) is 10.6 Å². The summed E-state index contributed by atoms with van der Waals surface area (Å²) >= 11 is 17.1. The van der Waals surface area contributed by atoms with Gasteiger partial charge in [-0.1, -0.05) is 35.3 Å². The molecule has 0 saturated carbocycles. The van der Waals surface area contributed by atoms with Crippen LogP contribution in [0.3, 0.4) is 0 Å². The van der Waals surface area contributed by atoms with Crippen LogP contribution in [0.15, 0.2) is 36.4 Å².